The third-order valence-electron chi connectivity index (χ3n) is 2.70. The molecule has 1 aliphatic heterocycles. The van der Waals surface area contributed by atoms with Gasteiger partial charge in [-0.3, -0.25) is 0 Å². The van der Waals surface area contributed by atoms with Gasteiger partial charge in [0.05, 0.1) is 16.4 Å². The molecule has 1 fully saturated rings. The summed E-state index contributed by atoms with van der Waals surface area (Å²) < 4.78 is 17.0. The molecule has 1 aliphatic rings. The summed E-state index contributed by atoms with van der Waals surface area (Å²) >= 11 is 5.50. The average Bonchev–Trinajstić information content (AvgIpc) is 2.35. The Bertz CT molecular complexity index is 649. The lowest BCUT2D eigenvalue weighted by Crippen LogP contribution is -2.42. The van der Waals surface area contributed by atoms with Crippen LogP contribution in [0.15, 0.2) is 28.4 Å². The van der Waals surface area contributed by atoms with Gasteiger partial charge < -0.3 is 19.5 Å². The third-order valence-corrected chi connectivity index (χ3v) is 3.96. The molecule has 0 amide bonds. The number of methoxy groups -OCH3 is 1. The van der Waals surface area contributed by atoms with Crippen LogP contribution >= 0.6 is 38.5 Å². The SMILES string of the molecule is COc1c(I)cc(Br)cc1NC=C1C(=O)OC(C)(C)OC1=O. The van der Waals surface area contributed by atoms with Gasteiger partial charge in [-0.05, 0) is 34.7 Å². The van der Waals surface area contributed by atoms with Crippen LogP contribution in [0.5, 0.6) is 5.75 Å². The van der Waals surface area contributed by atoms with Gasteiger partial charge in [-0.1, -0.05) is 15.9 Å². The first-order valence-electron chi connectivity index (χ1n) is 6.20. The van der Waals surface area contributed by atoms with Crippen molar-refractivity contribution in [1.82, 2.24) is 0 Å². The highest BCUT2D eigenvalue weighted by molar-refractivity contribution is 14.1. The van der Waals surface area contributed by atoms with Crippen molar-refractivity contribution in [2.45, 2.75) is 19.6 Å². The smallest absolute Gasteiger partial charge is 0.350 e. The number of nitrogens with one attached hydrogen (secondary N) is 1. The lowest BCUT2D eigenvalue weighted by Gasteiger charge is -2.29. The molecular weight excluding hydrogens is 469 g/mol. The van der Waals surface area contributed by atoms with E-state index in [0.29, 0.717) is 11.4 Å². The van der Waals surface area contributed by atoms with Crippen molar-refractivity contribution >= 4 is 56.1 Å². The molecule has 1 heterocycles. The third kappa shape index (κ3) is 3.72. The van der Waals surface area contributed by atoms with Gasteiger partial charge in [0.15, 0.2) is 11.3 Å². The second-order valence-electron chi connectivity index (χ2n) is 4.85. The van der Waals surface area contributed by atoms with Crippen molar-refractivity contribution in [3.05, 3.63) is 31.9 Å². The molecule has 1 aromatic rings. The highest BCUT2D eigenvalue weighted by Crippen LogP contribution is 2.34. The minimum Gasteiger partial charge on any atom is -0.493 e. The first-order valence-corrected chi connectivity index (χ1v) is 8.07. The molecule has 0 saturated carbocycles. The molecule has 22 heavy (non-hydrogen) atoms. The van der Waals surface area contributed by atoms with Gasteiger partial charge in [-0.15, -0.1) is 0 Å². The second-order valence-corrected chi connectivity index (χ2v) is 6.93. The van der Waals surface area contributed by atoms with Gasteiger partial charge in [0, 0.05) is 24.5 Å². The zero-order valence-electron chi connectivity index (χ0n) is 12.0. The average molecular weight is 482 g/mol. The summed E-state index contributed by atoms with van der Waals surface area (Å²) in [6.45, 7) is 2.99. The van der Waals surface area contributed by atoms with Gasteiger partial charge in [0.2, 0.25) is 0 Å². The number of anilines is 1. The summed E-state index contributed by atoms with van der Waals surface area (Å²) in [5.74, 6) is -2.14. The van der Waals surface area contributed by atoms with Crippen LogP contribution < -0.4 is 10.1 Å². The number of halogens is 2. The topological polar surface area (TPSA) is 73.9 Å². The van der Waals surface area contributed by atoms with E-state index in [9.17, 15) is 9.59 Å². The number of hydrogen-bond donors (Lipinski definition) is 1. The number of cyclic esters (lactones) is 2. The van der Waals surface area contributed by atoms with Crippen molar-refractivity contribution in [2.24, 2.45) is 0 Å². The minimum absolute atomic E-state index is 0.212. The van der Waals surface area contributed by atoms with Gasteiger partial charge in [0.1, 0.15) is 0 Å². The molecule has 1 saturated heterocycles. The molecular formula is C14H13BrINO5. The van der Waals surface area contributed by atoms with Crippen molar-refractivity contribution in [3.8, 4) is 5.75 Å². The van der Waals surface area contributed by atoms with E-state index >= 15 is 0 Å². The van der Waals surface area contributed by atoms with Crippen LogP contribution in [0.25, 0.3) is 0 Å². The number of esters is 2. The summed E-state index contributed by atoms with van der Waals surface area (Å²) in [6, 6.07) is 3.64. The van der Waals surface area contributed by atoms with E-state index in [0.717, 1.165) is 8.04 Å². The van der Waals surface area contributed by atoms with E-state index in [1.165, 1.54) is 27.2 Å². The van der Waals surface area contributed by atoms with Crippen LogP contribution in [0.1, 0.15) is 13.8 Å². The zero-order chi connectivity index (χ0) is 16.5. The molecule has 0 aromatic heterocycles. The van der Waals surface area contributed by atoms with E-state index in [1.807, 2.05) is 6.07 Å². The molecule has 0 aliphatic carbocycles. The lowest BCUT2D eigenvalue weighted by molar-refractivity contribution is -0.222. The molecule has 6 nitrogen and oxygen atoms in total. The fraction of sp³-hybridized carbons (Fsp3) is 0.286. The predicted molar refractivity (Wildman–Crippen MR) is 91.4 cm³/mol. The van der Waals surface area contributed by atoms with Gasteiger partial charge in [-0.2, -0.15) is 0 Å². The highest BCUT2D eigenvalue weighted by atomic mass is 127. The number of ether oxygens (including phenoxy) is 3. The first-order chi connectivity index (χ1) is 10.2. The Balaban J connectivity index is 2.29. The van der Waals surface area contributed by atoms with Crippen LogP contribution in [0.3, 0.4) is 0 Å². The Labute approximate surface area is 149 Å². The monoisotopic (exact) mass is 481 g/mol. The van der Waals surface area contributed by atoms with Crippen molar-refractivity contribution in [2.75, 3.05) is 12.4 Å². The number of hydrogen-bond acceptors (Lipinski definition) is 6. The molecule has 0 unspecified atom stereocenters. The second kappa shape index (κ2) is 6.45. The molecule has 118 valence electrons. The standard InChI is InChI=1S/C14H13BrINO5/c1-14(2)21-12(18)8(13(19)22-14)6-17-10-5-7(15)4-9(16)11(10)20-3/h4-6,17H,1-3H3. The van der Waals surface area contributed by atoms with Gasteiger partial charge in [0.25, 0.3) is 5.79 Å². The van der Waals surface area contributed by atoms with Crippen LogP contribution in [-0.2, 0) is 19.1 Å². The zero-order valence-corrected chi connectivity index (χ0v) is 15.8. The molecule has 8 heteroatoms. The Morgan fingerprint density at radius 2 is 1.86 bits per heavy atom. The molecule has 0 radical (unpaired) electrons. The van der Waals surface area contributed by atoms with Gasteiger partial charge >= 0.3 is 11.9 Å². The summed E-state index contributed by atoms with van der Waals surface area (Å²) in [4.78, 5) is 23.7. The largest absolute Gasteiger partial charge is 0.493 e. The predicted octanol–water partition coefficient (Wildman–Crippen LogP) is 3.19. The summed E-state index contributed by atoms with van der Waals surface area (Å²) in [5, 5.41) is 2.88. The lowest BCUT2D eigenvalue weighted by atomic mass is 10.2. The van der Waals surface area contributed by atoms with Crippen molar-refractivity contribution in [3.63, 3.8) is 0 Å². The molecule has 0 spiro atoms. The first kappa shape index (κ1) is 17.1. The van der Waals surface area contributed by atoms with Crippen molar-refractivity contribution in [1.29, 1.82) is 0 Å². The molecule has 2 rings (SSSR count). The maximum atomic E-state index is 11.9. The van der Waals surface area contributed by atoms with Crippen molar-refractivity contribution < 1.29 is 23.8 Å². The molecule has 1 aromatic carbocycles. The quantitative estimate of drug-likeness (QED) is 0.309. The van der Waals surface area contributed by atoms with E-state index < -0.39 is 17.7 Å². The molecule has 1 N–H and O–H groups in total. The fourth-order valence-electron chi connectivity index (χ4n) is 1.80. The maximum Gasteiger partial charge on any atom is 0.350 e. The van der Waals surface area contributed by atoms with E-state index in [4.69, 9.17) is 14.2 Å². The maximum absolute atomic E-state index is 11.9. The van der Waals surface area contributed by atoms with E-state index in [2.05, 4.69) is 43.8 Å². The van der Waals surface area contributed by atoms with Crippen LogP contribution in [0, 0.1) is 3.57 Å². The Kier molecular flexibility index (Phi) is 5.00. The molecule has 0 atom stereocenters. The Morgan fingerprint density at radius 3 is 2.41 bits per heavy atom. The summed E-state index contributed by atoms with van der Waals surface area (Å²) in [6.07, 6.45) is 1.25. The number of benzene rings is 1. The summed E-state index contributed by atoms with van der Waals surface area (Å²) in [5.41, 5.74) is 0.385. The normalized spacial score (nSPS) is 16.7. The number of carbonyl (C=O) groups excluding carboxylic acids is 2. The van der Waals surface area contributed by atoms with E-state index in [1.54, 1.807) is 6.07 Å². The van der Waals surface area contributed by atoms with E-state index in [-0.39, 0.29) is 5.57 Å². The number of rotatable bonds is 3. The molecule has 0 bridgehead atoms. The summed E-state index contributed by atoms with van der Waals surface area (Å²) in [7, 11) is 1.54. The Morgan fingerprint density at radius 1 is 1.27 bits per heavy atom. The minimum atomic E-state index is -1.26. The van der Waals surface area contributed by atoms with Crippen LogP contribution in [0.2, 0.25) is 0 Å². The fourth-order valence-corrected chi connectivity index (χ4v) is 3.54. The Hall–Kier alpha value is -1.29. The highest BCUT2D eigenvalue weighted by Gasteiger charge is 2.39. The van der Waals surface area contributed by atoms with Crippen LogP contribution in [-0.4, -0.2) is 24.8 Å². The van der Waals surface area contributed by atoms with Crippen LogP contribution in [0.4, 0.5) is 5.69 Å². The number of carbonyl (C=O) groups is 2. The van der Waals surface area contributed by atoms with Gasteiger partial charge in [-0.25, -0.2) is 9.59 Å².